The number of benzene rings is 2. The first kappa shape index (κ1) is 25.2. The third-order valence-corrected chi connectivity index (χ3v) is 5.46. The Morgan fingerprint density at radius 1 is 1.17 bits per heavy atom. The first-order valence-corrected chi connectivity index (χ1v) is 11.3. The third kappa shape index (κ3) is 5.57. The van der Waals surface area contributed by atoms with Crippen LogP contribution in [0.3, 0.4) is 0 Å². The minimum atomic E-state index is -0.816. The van der Waals surface area contributed by atoms with Crippen LogP contribution in [0.5, 0.6) is 0 Å². The number of nitro benzene ring substituents is 1. The maximum Gasteiger partial charge on any atom is 0.330 e. The Hall–Kier alpha value is -4.41. The number of nitrogens with zero attached hydrogens (tertiary/aromatic N) is 3. The smallest absolute Gasteiger partial charge is 0.330 e. The van der Waals surface area contributed by atoms with Crippen molar-refractivity contribution in [3.8, 4) is 0 Å². The minimum Gasteiger partial charge on any atom is -0.383 e. The second kappa shape index (κ2) is 11.1. The summed E-state index contributed by atoms with van der Waals surface area (Å²) in [6.45, 7) is 4.43. The highest BCUT2D eigenvalue weighted by molar-refractivity contribution is 6.07. The van der Waals surface area contributed by atoms with Gasteiger partial charge in [0.05, 0.1) is 11.5 Å². The molecule has 0 saturated heterocycles. The molecule has 35 heavy (non-hydrogen) atoms. The van der Waals surface area contributed by atoms with E-state index in [1.54, 1.807) is 31.2 Å². The lowest BCUT2D eigenvalue weighted by molar-refractivity contribution is -0.384. The molecule has 3 aromatic rings. The lowest BCUT2D eigenvalue weighted by Gasteiger charge is -2.25. The maximum atomic E-state index is 13.7. The molecule has 11 heteroatoms. The molecule has 3 rings (SSSR count). The molecule has 0 bridgehead atoms. The predicted molar refractivity (Wildman–Crippen MR) is 135 cm³/mol. The average Bonchev–Trinajstić information content (AvgIpc) is 2.83. The Balaban J connectivity index is 2.18. The molecule has 1 amide bonds. The van der Waals surface area contributed by atoms with Gasteiger partial charge in [-0.1, -0.05) is 43.7 Å². The van der Waals surface area contributed by atoms with Crippen LogP contribution in [0.4, 0.5) is 22.9 Å². The lowest BCUT2D eigenvalue weighted by Crippen LogP contribution is -2.41. The zero-order valence-corrected chi connectivity index (χ0v) is 19.6. The van der Waals surface area contributed by atoms with Crippen molar-refractivity contribution in [2.45, 2.75) is 39.8 Å². The number of rotatable bonds is 10. The van der Waals surface area contributed by atoms with Gasteiger partial charge in [-0.05, 0) is 31.0 Å². The van der Waals surface area contributed by atoms with Gasteiger partial charge < -0.3 is 11.1 Å². The Morgan fingerprint density at radius 2 is 1.89 bits per heavy atom. The number of nitro groups is 1. The van der Waals surface area contributed by atoms with E-state index in [0.29, 0.717) is 18.5 Å². The van der Waals surface area contributed by atoms with Crippen molar-refractivity contribution < 1.29 is 9.72 Å². The third-order valence-electron chi connectivity index (χ3n) is 5.46. The molecule has 0 fully saturated rings. The summed E-state index contributed by atoms with van der Waals surface area (Å²) in [5, 5.41) is 14.5. The summed E-state index contributed by atoms with van der Waals surface area (Å²) in [4.78, 5) is 53.4. The number of nitrogen functional groups attached to an aromatic ring is 1. The normalized spacial score (nSPS) is 10.7. The van der Waals surface area contributed by atoms with Gasteiger partial charge in [0.2, 0.25) is 0 Å². The van der Waals surface area contributed by atoms with Gasteiger partial charge in [-0.25, -0.2) is 4.79 Å². The van der Waals surface area contributed by atoms with E-state index in [9.17, 15) is 24.5 Å². The first-order chi connectivity index (χ1) is 16.8. The molecule has 11 nitrogen and oxygen atoms in total. The van der Waals surface area contributed by atoms with Crippen LogP contribution in [0.25, 0.3) is 0 Å². The summed E-state index contributed by atoms with van der Waals surface area (Å²) in [5.74, 6) is -0.812. The molecule has 0 spiro atoms. The second-order valence-corrected chi connectivity index (χ2v) is 7.89. The highest BCUT2D eigenvalue weighted by atomic mass is 16.6. The Bertz CT molecular complexity index is 1330. The monoisotopic (exact) mass is 480 g/mol. The molecule has 0 unspecified atom stereocenters. The van der Waals surface area contributed by atoms with Crippen LogP contribution in [-0.4, -0.2) is 26.9 Å². The van der Waals surface area contributed by atoms with Crippen LogP contribution in [0.2, 0.25) is 0 Å². The fraction of sp³-hybridized carbons (Fsp3) is 0.292. The number of amides is 1. The van der Waals surface area contributed by atoms with E-state index in [1.807, 2.05) is 13.0 Å². The van der Waals surface area contributed by atoms with Crippen molar-refractivity contribution in [2.75, 3.05) is 22.5 Å². The molecule has 1 aromatic heterocycles. The highest BCUT2D eigenvalue weighted by Crippen LogP contribution is 2.28. The number of carbonyl (C=O) groups excluding carboxylic acids is 1. The minimum absolute atomic E-state index is 0.000563. The van der Waals surface area contributed by atoms with E-state index < -0.39 is 22.1 Å². The summed E-state index contributed by atoms with van der Waals surface area (Å²) < 4.78 is 1.22. The number of H-pyrrole nitrogens is 1. The zero-order valence-electron chi connectivity index (χ0n) is 19.6. The number of nitrogens with one attached hydrogen (secondary N) is 2. The SMILES string of the molecule is CCCCn1c(N)c(N(Cc2ccccc2)C(=O)c2ccc(NCC)c([N+](=O)[O-])c2)c(=O)[nH]c1=O. The number of anilines is 3. The second-order valence-electron chi connectivity index (χ2n) is 7.89. The summed E-state index contributed by atoms with van der Waals surface area (Å²) in [6.07, 6.45) is 1.43. The Morgan fingerprint density at radius 3 is 2.51 bits per heavy atom. The first-order valence-electron chi connectivity index (χ1n) is 11.3. The van der Waals surface area contributed by atoms with Crippen LogP contribution >= 0.6 is 0 Å². The van der Waals surface area contributed by atoms with Crippen molar-refractivity contribution in [1.29, 1.82) is 0 Å². The number of aromatic nitrogens is 2. The molecule has 0 aliphatic carbocycles. The van der Waals surface area contributed by atoms with Gasteiger partial charge in [0.1, 0.15) is 11.5 Å². The topological polar surface area (TPSA) is 156 Å². The Labute approximate surface area is 201 Å². The molecule has 0 saturated carbocycles. The van der Waals surface area contributed by atoms with E-state index in [-0.39, 0.29) is 41.5 Å². The molecule has 0 atom stereocenters. The van der Waals surface area contributed by atoms with Gasteiger partial charge >= 0.3 is 5.69 Å². The summed E-state index contributed by atoms with van der Waals surface area (Å²) >= 11 is 0. The van der Waals surface area contributed by atoms with E-state index in [4.69, 9.17) is 5.73 Å². The largest absolute Gasteiger partial charge is 0.383 e. The Kier molecular flexibility index (Phi) is 8.03. The molecule has 0 aliphatic heterocycles. The highest BCUT2D eigenvalue weighted by Gasteiger charge is 2.27. The van der Waals surface area contributed by atoms with Crippen LogP contribution in [0, 0.1) is 10.1 Å². The fourth-order valence-corrected chi connectivity index (χ4v) is 3.71. The van der Waals surface area contributed by atoms with Crippen molar-refractivity contribution >= 4 is 28.8 Å². The number of hydrogen-bond acceptors (Lipinski definition) is 7. The number of unbranched alkanes of at least 4 members (excludes halogenated alkanes) is 1. The molecule has 4 N–H and O–H groups in total. The standard InChI is InChI=1S/C24H28N6O5/c1-3-5-13-28-21(25)20(22(31)27-24(28)33)29(15-16-9-7-6-8-10-16)23(32)17-11-12-18(26-4-2)19(14-17)30(34)35/h6-12,14,26H,3-5,13,15,25H2,1-2H3,(H,27,31,33). The predicted octanol–water partition coefficient (Wildman–Crippen LogP) is 3.11. The molecule has 184 valence electrons. The molecule has 0 radical (unpaired) electrons. The van der Waals surface area contributed by atoms with Gasteiger partial charge in [-0.15, -0.1) is 0 Å². The van der Waals surface area contributed by atoms with Crippen LogP contribution in [0.15, 0.2) is 58.1 Å². The lowest BCUT2D eigenvalue weighted by atomic mass is 10.1. The van der Waals surface area contributed by atoms with Crippen molar-refractivity contribution in [3.05, 3.63) is 90.6 Å². The van der Waals surface area contributed by atoms with E-state index in [1.165, 1.54) is 16.7 Å². The summed E-state index contributed by atoms with van der Waals surface area (Å²) in [5.41, 5.74) is 5.30. The number of carbonyl (C=O) groups is 1. The molecular formula is C24H28N6O5. The van der Waals surface area contributed by atoms with Crippen LogP contribution in [-0.2, 0) is 13.1 Å². The molecule has 1 heterocycles. The molecule has 2 aromatic carbocycles. The van der Waals surface area contributed by atoms with Gasteiger partial charge in [-0.3, -0.25) is 34.2 Å². The molecule has 0 aliphatic rings. The van der Waals surface area contributed by atoms with Gasteiger partial charge in [0.25, 0.3) is 17.2 Å². The number of hydrogen-bond donors (Lipinski definition) is 3. The van der Waals surface area contributed by atoms with E-state index >= 15 is 0 Å². The van der Waals surface area contributed by atoms with Crippen molar-refractivity contribution in [2.24, 2.45) is 0 Å². The average molecular weight is 481 g/mol. The van der Waals surface area contributed by atoms with Crippen molar-refractivity contribution in [3.63, 3.8) is 0 Å². The fourth-order valence-electron chi connectivity index (χ4n) is 3.71. The van der Waals surface area contributed by atoms with Crippen molar-refractivity contribution in [1.82, 2.24) is 9.55 Å². The summed E-state index contributed by atoms with van der Waals surface area (Å²) in [7, 11) is 0. The number of nitrogens with two attached hydrogens (primary N) is 1. The maximum absolute atomic E-state index is 13.7. The van der Waals surface area contributed by atoms with Crippen LogP contribution < -0.4 is 27.2 Å². The van der Waals surface area contributed by atoms with Gasteiger partial charge in [0, 0.05) is 24.7 Å². The molecular weight excluding hydrogens is 452 g/mol. The van der Waals surface area contributed by atoms with E-state index in [2.05, 4.69) is 10.3 Å². The number of aromatic amines is 1. The van der Waals surface area contributed by atoms with E-state index in [0.717, 1.165) is 17.4 Å². The van der Waals surface area contributed by atoms with Gasteiger partial charge in [-0.2, -0.15) is 0 Å². The van der Waals surface area contributed by atoms with Crippen LogP contribution in [0.1, 0.15) is 42.6 Å². The summed E-state index contributed by atoms with van der Waals surface area (Å²) in [6, 6.07) is 13.0. The quantitative estimate of drug-likeness (QED) is 0.297. The zero-order chi connectivity index (χ0) is 25.5. The van der Waals surface area contributed by atoms with Gasteiger partial charge in [0.15, 0.2) is 5.69 Å².